The number of nitrogens with one attached hydrogen (secondary N) is 2. The van der Waals surface area contributed by atoms with Crippen LogP contribution in [0.1, 0.15) is 17.7 Å². The van der Waals surface area contributed by atoms with E-state index in [9.17, 15) is 4.79 Å². The number of nitrogens with two attached hydrogens (primary N) is 2. The molecule has 2 heterocycles. The van der Waals surface area contributed by atoms with Gasteiger partial charge in [0, 0.05) is 23.8 Å². The summed E-state index contributed by atoms with van der Waals surface area (Å²) in [5.74, 6) is 0. The summed E-state index contributed by atoms with van der Waals surface area (Å²) < 4.78 is 1.56. The van der Waals surface area contributed by atoms with Gasteiger partial charge in [-0.25, -0.2) is 4.79 Å². The minimum absolute atomic E-state index is 0.303. The highest BCUT2D eigenvalue weighted by molar-refractivity contribution is 5.75. The van der Waals surface area contributed by atoms with Gasteiger partial charge in [0.1, 0.15) is 5.65 Å². The third kappa shape index (κ3) is 4.14. The Hall–Kier alpha value is -2.48. The van der Waals surface area contributed by atoms with Crippen molar-refractivity contribution in [2.75, 3.05) is 19.6 Å². The lowest BCUT2D eigenvalue weighted by Crippen LogP contribution is -2.20. The standard InChI is InChI=1S/C18H24N6O/c19-7-1-9-21-11-13-2-4-16(5-3-13)24-12-14-10-15(6-8-20)22-17(14)23-18(24)25/h2-5,10,12,21H,1,6-9,11,19-20H2,(H,22,23,25). The third-order valence-corrected chi connectivity index (χ3v) is 4.08. The molecule has 3 aromatic rings. The molecule has 0 aliphatic heterocycles. The van der Waals surface area contributed by atoms with Crippen LogP contribution in [0.4, 0.5) is 0 Å². The van der Waals surface area contributed by atoms with Crippen molar-refractivity contribution in [1.29, 1.82) is 0 Å². The summed E-state index contributed by atoms with van der Waals surface area (Å²) in [6, 6.07) is 9.88. The van der Waals surface area contributed by atoms with Gasteiger partial charge in [0.15, 0.2) is 0 Å². The average Bonchev–Trinajstić information content (AvgIpc) is 3.00. The van der Waals surface area contributed by atoms with E-state index in [1.807, 2.05) is 36.5 Å². The molecule has 3 rings (SSSR count). The first-order valence-electron chi connectivity index (χ1n) is 8.52. The highest BCUT2D eigenvalue weighted by atomic mass is 16.1. The van der Waals surface area contributed by atoms with Gasteiger partial charge in [-0.05, 0) is 56.2 Å². The van der Waals surface area contributed by atoms with E-state index < -0.39 is 0 Å². The number of H-pyrrole nitrogens is 1. The van der Waals surface area contributed by atoms with E-state index in [-0.39, 0.29) is 5.69 Å². The summed E-state index contributed by atoms with van der Waals surface area (Å²) in [4.78, 5) is 19.6. The molecule has 6 N–H and O–H groups in total. The van der Waals surface area contributed by atoms with Crippen molar-refractivity contribution < 1.29 is 0 Å². The number of benzene rings is 1. The van der Waals surface area contributed by atoms with Crippen molar-refractivity contribution in [2.45, 2.75) is 19.4 Å². The fraction of sp³-hybridized carbons (Fsp3) is 0.333. The Labute approximate surface area is 146 Å². The average molecular weight is 340 g/mol. The van der Waals surface area contributed by atoms with E-state index in [0.29, 0.717) is 18.7 Å². The van der Waals surface area contributed by atoms with Gasteiger partial charge < -0.3 is 21.8 Å². The quantitative estimate of drug-likeness (QED) is 0.450. The molecule has 0 atom stereocenters. The minimum atomic E-state index is -0.303. The van der Waals surface area contributed by atoms with Crippen molar-refractivity contribution >= 4 is 11.0 Å². The summed E-state index contributed by atoms with van der Waals surface area (Å²) in [6.07, 6.45) is 3.51. The number of hydrogen-bond acceptors (Lipinski definition) is 5. The molecule has 0 bridgehead atoms. The predicted molar refractivity (Wildman–Crippen MR) is 99.8 cm³/mol. The van der Waals surface area contributed by atoms with Crippen LogP contribution in [0.5, 0.6) is 0 Å². The number of aromatic nitrogens is 3. The van der Waals surface area contributed by atoms with Crippen molar-refractivity contribution in [1.82, 2.24) is 19.9 Å². The molecular formula is C18H24N6O. The van der Waals surface area contributed by atoms with Crippen LogP contribution in [-0.4, -0.2) is 34.2 Å². The maximum Gasteiger partial charge on any atom is 0.354 e. The number of nitrogens with zero attached hydrogens (tertiary/aromatic N) is 2. The second-order valence-corrected chi connectivity index (χ2v) is 6.02. The summed E-state index contributed by atoms with van der Waals surface area (Å²) >= 11 is 0. The Morgan fingerprint density at radius 3 is 2.68 bits per heavy atom. The SMILES string of the molecule is NCCCNCc1ccc(-n2cc3cc(CCN)[nH]c3nc2=O)cc1. The number of fused-ring (bicyclic) bond motifs is 1. The smallest absolute Gasteiger partial charge is 0.343 e. The molecule has 2 aromatic heterocycles. The van der Waals surface area contributed by atoms with Gasteiger partial charge in [0.05, 0.1) is 5.69 Å². The molecular weight excluding hydrogens is 316 g/mol. The molecule has 7 heteroatoms. The molecule has 0 saturated carbocycles. The van der Waals surface area contributed by atoms with Gasteiger partial charge in [-0.3, -0.25) is 4.57 Å². The van der Waals surface area contributed by atoms with Crippen molar-refractivity contribution in [2.24, 2.45) is 11.5 Å². The summed E-state index contributed by atoms with van der Waals surface area (Å²) in [5, 5.41) is 4.24. The zero-order chi connectivity index (χ0) is 17.6. The van der Waals surface area contributed by atoms with Crippen LogP contribution in [0.15, 0.2) is 41.3 Å². The highest BCUT2D eigenvalue weighted by Crippen LogP contribution is 2.14. The first kappa shape index (κ1) is 17.3. The first-order chi connectivity index (χ1) is 12.2. The highest BCUT2D eigenvalue weighted by Gasteiger charge is 2.07. The van der Waals surface area contributed by atoms with Crippen molar-refractivity contribution in [3.8, 4) is 5.69 Å². The summed E-state index contributed by atoms with van der Waals surface area (Å²) in [7, 11) is 0. The van der Waals surface area contributed by atoms with Gasteiger partial charge >= 0.3 is 5.69 Å². The molecule has 0 amide bonds. The molecule has 0 fully saturated rings. The van der Waals surface area contributed by atoms with Gasteiger partial charge in [0.25, 0.3) is 0 Å². The lowest BCUT2D eigenvalue weighted by Gasteiger charge is -2.07. The Morgan fingerprint density at radius 1 is 1.16 bits per heavy atom. The molecule has 25 heavy (non-hydrogen) atoms. The molecule has 0 unspecified atom stereocenters. The third-order valence-electron chi connectivity index (χ3n) is 4.08. The van der Waals surface area contributed by atoms with Crippen LogP contribution in [-0.2, 0) is 13.0 Å². The van der Waals surface area contributed by atoms with E-state index in [1.165, 1.54) is 0 Å². The molecule has 0 aliphatic carbocycles. The van der Waals surface area contributed by atoms with Crippen LogP contribution in [0.3, 0.4) is 0 Å². The van der Waals surface area contributed by atoms with E-state index in [1.54, 1.807) is 4.57 Å². The molecule has 0 saturated heterocycles. The van der Waals surface area contributed by atoms with Crippen LogP contribution in [0.2, 0.25) is 0 Å². The lowest BCUT2D eigenvalue weighted by atomic mass is 10.2. The van der Waals surface area contributed by atoms with E-state index in [0.717, 1.165) is 48.3 Å². The second kappa shape index (κ2) is 8.06. The number of aromatic amines is 1. The predicted octanol–water partition coefficient (Wildman–Crippen LogP) is 0.653. The molecule has 7 nitrogen and oxygen atoms in total. The summed E-state index contributed by atoms with van der Waals surface area (Å²) in [5.41, 5.74) is 14.3. The van der Waals surface area contributed by atoms with E-state index in [4.69, 9.17) is 11.5 Å². The van der Waals surface area contributed by atoms with E-state index >= 15 is 0 Å². The van der Waals surface area contributed by atoms with Crippen LogP contribution in [0, 0.1) is 0 Å². The normalized spacial score (nSPS) is 11.3. The van der Waals surface area contributed by atoms with Crippen LogP contribution >= 0.6 is 0 Å². The van der Waals surface area contributed by atoms with Gasteiger partial charge in [0.2, 0.25) is 0 Å². The Morgan fingerprint density at radius 2 is 1.96 bits per heavy atom. The summed E-state index contributed by atoms with van der Waals surface area (Å²) in [6.45, 7) is 2.93. The van der Waals surface area contributed by atoms with Crippen molar-refractivity contribution in [3.05, 3.63) is 58.3 Å². The zero-order valence-corrected chi connectivity index (χ0v) is 14.2. The Bertz CT molecular complexity index is 881. The maximum absolute atomic E-state index is 12.3. The second-order valence-electron chi connectivity index (χ2n) is 6.02. The number of rotatable bonds is 8. The molecule has 0 aliphatic rings. The minimum Gasteiger partial charge on any atom is -0.343 e. The fourth-order valence-electron chi connectivity index (χ4n) is 2.76. The molecule has 1 aromatic carbocycles. The van der Waals surface area contributed by atoms with Gasteiger partial charge in [-0.15, -0.1) is 0 Å². The zero-order valence-electron chi connectivity index (χ0n) is 14.2. The van der Waals surface area contributed by atoms with Gasteiger partial charge in [-0.2, -0.15) is 4.98 Å². The molecule has 0 radical (unpaired) electrons. The maximum atomic E-state index is 12.3. The largest absolute Gasteiger partial charge is 0.354 e. The van der Waals surface area contributed by atoms with E-state index in [2.05, 4.69) is 15.3 Å². The van der Waals surface area contributed by atoms with Gasteiger partial charge in [-0.1, -0.05) is 12.1 Å². The monoisotopic (exact) mass is 340 g/mol. The Kier molecular flexibility index (Phi) is 5.60. The van der Waals surface area contributed by atoms with Crippen LogP contribution < -0.4 is 22.5 Å². The fourth-order valence-corrected chi connectivity index (χ4v) is 2.76. The van der Waals surface area contributed by atoms with Crippen LogP contribution in [0.25, 0.3) is 16.7 Å². The lowest BCUT2D eigenvalue weighted by molar-refractivity contribution is 0.655. The molecule has 132 valence electrons. The Balaban J connectivity index is 1.80. The number of hydrogen-bond donors (Lipinski definition) is 4. The van der Waals surface area contributed by atoms with Crippen molar-refractivity contribution in [3.63, 3.8) is 0 Å². The first-order valence-corrected chi connectivity index (χ1v) is 8.52. The topological polar surface area (TPSA) is 115 Å². The molecule has 0 spiro atoms.